The minimum absolute atomic E-state index is 0.00426. The Balaban J connectivity index is 1.55. The van der Waals surface area contributed by atoms with Crippen molar-refractivity contribution in [3.8, 4) is 0 Å². The van der Waals surface area contributed by atoms with Gasteiger partial charge in [-0.15, -0.1) is 0 Å². The predicted molar refractivity (Wildman–Crippen MR) is 111 cm³/mol. The number of aliphatic carboxylic acids is 1. The molecule has 0 bridgehead atoms. The lowest BCUT2D eigenvalue weighted by Crippen LogP contribution is -2.45. The number of nitrogens with zero attached hydrogens (tertiary/aromatic N) is 2. The van der Waals surface area contributed by atoms with Gasteiger partial charge >= 0.3 is 5.97 Å². The largest absolute Gasteiger partial charge is 0.481 e. The molecule has 1 aromatic heterocycles. The van der Waals surface area contributed by atoms with E-state index in [1.165, 1.54) is 0 Å². The fourth-order valence-corrected chi connectivity index (χ4v) is 4.27. The number of aromatic nitrogens is 2. The first kappa shape index (κ1) is 19.2. The number of hydrogen-bond acceptors (Lipinski definition) is 3. The summed E-state index contributed by atoms with van der Waals surface area (Å²) in [7, 11) is 0. The van der Waals surface area contributed by atoms with Gasteiger partial charge in [-0.2, -0.15) is 0 Å². The van der Waals surface area contributed by atoms with Crippen LogP contribution in [0.25, 0.3) is 11.0 Å². The highest BCUT2D eigenvalue weighted by molar-refractivity contribution is 5.94. The Morgan fingerprint density at radius 1 is 1.17 bits per heavy atom. The van der Waals surface area contributed by atoms with Crippen LogP contribution in [0.3, 0.4) is 0 Å². The molecule has 2 heterocycles. The highest BCUT2D eigenvalue weighted by Gasteiger charge is 2.33. The van der Waals surface area contributed by atoms with Crippen LogP contribution in [0, 0.1) is 18.8 Å². The number of carboxylic acids is 1. The van der Waals surface area contributed by atoms with Crippen LogP contribution in [0.2, 0.25) is 0 Å². The molecule has 1 saturated heterocycles. The van der Waals surface area contributed by atoms with E-state index < -0.39 is 5.97 Å². The van der Waals surface area contributed by atoms with Gasteiger partial charge in [0.2, 0.25) is 0 Å². The van der Waals surface area contributed by atoms with Gasteiger partial charge in [-0.3, -0.25) is 9.59 Å². The van der Waals surface area contributed by atoms with Crippen LogP contribution in [0.5, 0.6) is 0 Å². The lowest BCUT2D eigenvalue weighted by molar-refractivity contribution is -0.139. The van der Waals surface area contributed by atoms with Crippen LogP contribution in [-0.2, 0) is 11.2 Å². The van der Waals surface area contributed by atoms with Crippen molar-refractivity contribution in [1.82, 2.24) is 14.9 Å². The zero-order valence-corrected chi connectivity index (χ0v) is 16.5. The maximum atomic E-state index is 12.9. The van der Waals surface area contributed by atoms with Gasteiger partial charge in [0, 0.05) is 31.5 Å². The highest BCUT2D eigenvalue weighted by Crippen LogP contribution is 2.30. The monoisotopic (exact) mass is 391 g/mol. The molecular formula is C23H25N3O3. The first-order chi connectivity index (χ1) is 14.0. The summed E-state index contributed by atoms with van der Waals surface area (Å²) in [4.78, 5) is 34.2. The molecule has 2 atom stereocenters. The number of hydrogen-bond donors (Lipinski definition) is 2. The third-order valence-corrected chi connectivity index (χ3v) is 5.78. The van der Waals surface area contributed by atoms with E-state index in [0.717, 1.165) is 22.4 Å². The maximum absolute atomic E-state index is 12.9. The average molecular weight is 391 g/mol. The molecule has 0 saturated carbocycles. The Morgan fingerprint density at radius 2 is 1.97 bits per heavy atom. The Bertz CT molecular complexity index is 1030. The van der Waals surface area contributed by atoms with Crippen molar-refractivity contribution in [3.05, 3.63) is 65.5 Å². The van der Waals surface area contributed by atoms with Crippen molar-refractivity contribution in [1.29, 1.82) is 0 Å². The lowest BCUT2D eigenvalue weighted by Gasteiger charge is -2.38. The third-order valence-electron chi connectivity index (χ3n) is 5.78. The number of H-pyrrole nitrogens is 1. The summed E-state index contributed by atoms with van der Waals surface area (Å²) in [5, 5.41) is 9.34. The number of carbonyl (C=O) groups is 2. The first-order valence-electron chi connectivity index (χ1n) is 10.0. The molecular weight excluding hydrogens is 366 g/mol. The van der Waals surface area contributed by atoms with Crippen molar-refractivity contribution in [2.24, 2.45) is 11.8 Å². The molecule has 0 spiro atoms. The van der Waals surface area contributed by atoms with Gasteiger partial charge in [-0.05, 0) is 55.0 Å². The SMILES string of the molecule is Cc1ccc2nc(C[C@H]3CN(C(=O)c4ccccc4)CC[C@H]3CC(=O)O)[nH]c2c1. The fraction of sp³-hybridized carbons (Fsp3) is 0.348. The number of amides is 1. The molecule has 6 heteroatoms. The number of fused-ring (bicyclic) bond motifs is 1. The number of imidazole rings is 1. The van der Waals surface area contributed by atoms with E-state index in [2.05, 4.69) is 16.0 Å². The average Bonchev–Trinajstić information content (AvgIpc) is 3.10. The lowest BCUT2D eigenvalue weighted by atomic mass is 9.81. The number of likely N-dealkylation sites (tertiary alicyclic amines) is 1. The molecule has 150 valence electrons. The van der Waals surface area contributed by atoms with E-state index in [1.807, 2.05) is 54.3 Å². The van der Waals surface area contributed by atoms with Crippen LogP contribution in [0.1, 0.15) is 34.6 Å². The molecule has 1 amide bonds. The van der Waals surface area contributed by atoms with E-state index in [4.69, 9.17) is 0 Å². The number of nitrogens with one attached hydrogen (secondary N) is 1. The first-order valence-corrected chi connectivity index (χ1v) is 10.0. The molecule has 29 heavy (non-hydrogen) atoms. The summed E-state index contributed by atoms with van der Waals surface area (Å²) in [5.74, 6) is 0.143. The summed E-state index contributed by atoms with van der Waals surface area (Å²) in [6, 6.07) is 15.3. The van der Waals surface area contributed by atoms with Gasteiger partial charge in [0.1, 0.15) is 5.82 Å². The Labute approximate surface area is 169 Å². The van der Waals surface area contributed by atoms with Crippen LogP contribution in [-0.4, -0.2) is 44.9 Å². The molecule has 2 aromatic carbocycles. The predicted octanol–water partition coefficient (Wildman–Crippen LogP) is 3.67. The zero-order chi connectivity index (χ0) is 20.4. The smallest absolute Gasteiger partial charge is 0.303 e. The summed E-state index contributed by atoms with van der Waals surface area (Å²) in [6.07, 6.45) is 1.44. The second-order valence-corrected chi connectivity index (χ2v) is 7.93. The van der Waals surface area contributed by atoms with Crippen LogP contribution < -0.4 is 0 Å². The topological polar surface area (TPSA) is 86.3 Å². The summed E-state index contributed by atoms with van der Waals surface area (Å²) < 4.78 is 0. The molecule has 1 aliphatic rings. The molecule has 0 aliphatic carbocycles. The van der Waals surface area contributed by atoms with Gasteiger partial charge in [0.25, 0.3) is 5.91 Å². The molecule has 1 fully saturated rings. The maximum Gasteiger partial charge on any atom is 0.303 e. The summed E-state index contributed by atoms with van der Waals surface area (Å²) in [5.41, 5.74) is 3.73. The molecule has 0 radical (unpaired) electrons. The highest BCUT2D eigenvalue weighted by atomic mass is 16.4. The Morgan fingerprint density at radius 3 is 2.72 bits per heavy atom. The number of piperidine rings is 1. The van der Waals surface area contributed by atoms with E-state index in [0.29, 0.717) is 31.5 Å². The normalized spacial score (nSPS) is 19.4. The zero-order valence-electron chi connectivity index (χ0n) is 16.5. The van der Waals surface area contributed by atoms with Crippen molar-refractivity contribution in [2.75, 3.05) is 13.1 Å². The minimum atomic E-state index is -0.789. The molecule has 1 aliphatic heterocycles. The van der Waals surface area contributed by atoms with Gasteiger partial charge in [0.05, 0.1) is 11.0 Å². The Hall–Kier alpha value is -3.15. The molecule has 3 aromatic rings. The van der Waals surface area contributed by atoms with Crippen molar-refractivity contribution >= 4 is 22.9 Å². The van der Waals surface area contributed by atoms with Crippen molar-refractivity contribution in [3.63, 3.8) is 0 Å². The second kappa shape index (κ2) is 8.07. The fourth-order valence-electron chi connectivity index (χ4n) is 4.27. The molecule has 0 unspecified atom stereocenters. The quantitative estimate of drug-likeness (QED) is 0.695. The van der Waals surface area contributed by atoms with Crippen molar-refractivity contribution < 1.29 is 14.7 Å². The minimum Gasteiger partial charge on any atom is -0.481 e. The van der Waals surface area contributed by atoms with E-state index in [9.17, 15) is 14.7 Å². The van der Waals surface area contributed by atoms with E-state index in [-0.39, 0.29) is 24.2 Å². The number of carbonyl (C=O) groups excluding carboxylic acids is 1. The van der Waals surface area contributed by atoms with Gasteiger partial charge < -0.3 is 15.0 Å². The Kier molecular flexibility index (Phi) is 5.34. The van der Waals surface area contributed by atoms with Gasteiger partial charge in [-0.25, -0.2) is 4.98 Å². The third kappa shape index (κ3) is 4.31. The standard InChI is InChI=1S/C23H25N3O3/c1-15-7-8-19-20(11-15)25-21(24-19)12-18-14-26(10-9-17(18)13-22(27)28)23(29)16-5-3-2-4-6-16/h2-8,11,17-18H,9-10,12-14H2,1H3,(H,24,25)(H,27,28)/t17-,18-/m0/s1. The molecule has 4 rings (SSSR count). The summed E-state index contributed by atoms with van der Waals surface area (Å²) >= 11 is 0. The number of carboxylic acid groups (broad SMARTS) is 1. The van der Waals surface area contributed by atoms with E-state index in [1.54, 1.807) is 0 Å². The van der Waals surface area contributed by atoms with Gasteiger partial charge in [0.15, 0.2) is 0 Å². The summed E-state index contributed by atoms with van der Waals surface area (Å²) in [6.45, 7) is 3.17. The second-order valence-electron chi connectivity index (χ2n) is 7.93. The number of aryl methyl sites for hydroxylation is 1. The molecule has 6 nitrogen and oxygen atoms in total. The van der Waals surface area contributed by atoms with Gasteiger partial charge in [-0.1, -0.05) is 24.3 Å². The van der Waals surface area contributed by atoms with Crippen LogP contribution in [0.4, 0.5) is 0 Å². The molecule has 2 N–H and O–H groups in total. The number of aromatic amines is 1. The van der Waals surface area contributed by atoms with Crippen molar-refractivity contribution in [2.45, 2.75) is 26.2 Å². The van der Waals surface area contributed by atoms with Crippen LogP contribution >= 0.6 is 0 Å². The van der Waals surface area contributed by atoms with E-state index >= 15 is 0 Å². The number of benzene rings is 2. The number of rotatable bonds is 5. The van der Waals surface area contributed by atoms with Crippen LogP contribution in [0.15, 0.2) is 48.5 Å².